The van der Waals surface area contributed by atoms with Gasteiger partial charge in [-0.15, -0.1) is 24.0 Å². The van der Waals surface area contributed by atoms with E-state index in [1.165, 1.54) is 19.3 Å². The van der Waals surface area contributed by atoms with Crippen molar-refractivity contribution >= 4 is 29.9 Å². The van der Waals surface area contributed by atoms with Crippen LogP contribution in [0.4, 0.5) is 0 Å². The first-order chi connectivity index (χ1) is 9.86. The van der Waals surface area contributed by atoms with Crippen molar-refractivity contribution in [1.82, 2.24) is 10.6 Å². The molecular formula is C15H32IN3O2. The van der Waals surface area contributed by atoms with E-state index in [1.807, 2.05) is 7.05 Å². The largest absolute Gasteiger partial charge is 0.381 e. The Morgan fingerprint density at radius 3 is 2.62 bits per heavy atom. The third-order valence-electron chi connectivity index (χ3n) is 3.43. The van der Waals surface area contributed by atoms with Crippen LogP contribution in [0.15, 0.2) is 4.99 Å². The molecule has 0 saturated carbocycles. The maximum absolute atomic E-state index is 5.67. The van der Waals surface area contributed by atoms with Crippen molar-refractivity contribution in [2.45, 2.75) is 39.0 Å². The molecule has 0 amide bonds. The molecular weight excluding hydrogens is 381 g/mol. The zero-order valence-corrected chi connectivity index (χ0v) is 15.9. The summed E-state index contributed by atoms with van der Waals surface area (Å²) in [5, 5.41) is 6.63. The maximum Gasteiger partial charge on any atom is 0.190 e. The van der Waals surface area contributed by atoms with Gasteiger partial charge in [-0.05, 0) is 19.3 Å². The van der Waals surface area contributed by atoms with Crippen LogP contribution in [0.5, 0.6) is 0 Å². The summed E-state index contributed by atoms with van der Waals surface area (Å²) in [6.07, 6.45) is 5.86. The Bertz CT molecular complexity index is 259. The summed E-state index contributed by atoms with van der Waals surface area (Å²) < 4.78 is 11.0. The number of ether oxygens (including phenoxy) is 2. The van der Waals surface area contributed by atoms with Crippen molar-refractivity contribution < 1.29 is 9.47 Å². The third kappa shape index (κ3) is 11.2. The van der Waals surface area contributed by atoms with E-state index in [2.05, 4.69) is 22.5 Å². The van der Waals surface area contributed by atoms with Crippen LogP contribution >= 0.6 is 24.0 Å². The van der Waals surface area contributed by atoms with Crippen LogP contribution in [0.2, 0.25) is 0 Å². The van der Waals surface area contributed by atoms with E-state index >= 15 is 0 Å². The molecule has 0 aromatic heterocycles. The predicted octanol–water partition coefficient (Wildman–Crippen LogP) is 2.40. The SMILES string of the molecule is CCCCCNC(=NC)NCCCOCC1CCOC1.I. The van der Waals surface area contributed by atoms with Crippen LogP contribution in [0.25, 0.3) is 0 Å². The number of rotatable bonds is 10. The molecule has 126 valence electrons. The average molecular weight is 413 g/mol. The van der Waals surface area contributed by atoms with E-state index in [1.54, 1.807) is 0 Å². The highest BCUT2D eigenvalue weighted by molar-refractivity contribution is 14.0. The van der Waals surface area contributed by atoms with Crippen molar-refractivity contribution in [3.05, 3.63) is 0 Å². The second-order valence-electron chi connectivity index (χ2n) is 5.29. The molecule has 5 nitrogen and oxygen atoms in total. The van der Waals surface area contributed by atoms with Gasteiger partial charge < -0.3 is 20.1 Å². The van der Waals surface area contributed by atoms with Crippen LogP contribution in [0.3, 0.4) is 0 Å². The minimum Gasteiger partial charge on any atom is -0.381 e. The van der Waals surface area contributed by atoms with Crippen LogP contribution < -0.4 is 10.6 Å². The maximum atomic E-state index is 5.67. The lowest BCUT2D eigenvalue weighted by Gasteiger charge is -2.12. The summed E-state index contributed by atoms with van der Waals surface area (Å²) in [5.41, 5.74) is 0. The molecule has 1 rings (SSSR count). The molecule has 1 atom stereocenters. The second-order valence-corrected chi connectivity index (χ2v) is 5.29. The van der Waals surface area contributed by atoms with Gasteiger partial charge in [-0.2, -0.15) is 0 Å². The van der Waals surface area contributed by atoms with Crippen molar-refractivity contribution in [2.24, 2.45) is 10.9 Å². The van der Waals surface area contributed by atoms with Crippen LogP contribution in [-0.2, 0) is 9.47 Å². The van der Waals surface area contributed by atoms with Crippen molar-refractivity contribution in [1.29, 1.82) is 0 Å². The summed E-state index contributed by atoms with van der Waals surface area (Å²) in [5.74, 6) is 1.50. The fourth-order valence-corrected chi connectivity index (χ4v) is 2.15. The van der Waals surface area contributed by atoms with Gasteiger partial charge in [0.1, 0.15) is 0 Å². The summed E-state index contributed by atoms with van der Waals surface area (Å²) >= 11 is 0. The van der Waals surface area contributed by atoms with Crippen molar-refractivity contribution in [3.8, 4) is 0 Å². The van der Waals surface area contributed by atoms with Gasteiger partial charge in [-0.25, -0.2) is 0 Å². The summed E-state index contributed by atoms with van der Waals surface area (Å²) in [6.45, 7) is 7.51. The molecule has 1 fully saturated rings. The summed E-state index contributed by atoms with van der Waals surface area (Å²) in [4.78, 5) is 4.20. The molecule has 0 aromatic carbocycles. The molecule has 0 spiro atoms. The lowest BCUT2D eigenvalue weighted by atomic mass is 10.1. The first-order valence-corrected chi connectivity index (χ1v) is 7.96. The Kier molecular flexibility index (Phi) is 14.8. The summed E-state index contributed by atoms with van der Waals surface area (Å²) in [6, 6.07) is 0. The molecule has 1 aliphatic heterocycles. The van der Waals surface area contributed by atoms with Crippen molar-refractivity contribution in [3.63, 3.8) is 0 Å². The smallest absolute Gasteiger partial charge is 0.190 e. The highest BCUT2D eigenvalue weighted by Crippen LogP contribution is 2.12. The lowest BCUT2D eigenvalue weighted by Crippen LogP contribution is -2.38. The first-order valence-electron chi connectivity index (χ1n) is 7.96. The molecule has 2 N–H and O–H groups in total. The molecule has 1 heterocycles. The van der Waals surface area contributed by atoms with Gasteiger partial charge in [-0.3, -0.25) is 4.99 Å². The molecule has 0 aromatic rings. The Balaban J connectivity index is 0.00000400. The normalized spacial score (nSPS) is 18.4. The van der Waals surface area contributed by atoms with Crippen LogP contribution in [0, 0.1) is 5.92 Å². The molecule has 0 aliphatic carbocycles. The van der Waals surface area contributed by atoms with Gasteiger partial charge in [0.05, 0.1) is 13.2 Å². The topological polar surface area (TPSA) is 54.9 Å². The molecule has 1 aliphatic rings. The monoisotopic (exact) mass is 413 g/mol. The number of guanidine groups is 1. The molecule has 21 heavy (non-hydrogen) atoms. The van der Waals surface area contributed by atoms with Gasteiger partial charge in [0.15, 0.2) is 5.96 Å². The summed E-state index contributed by atoms with van der Waals surface area (Å²) in [7, 11) is 1.81. The molecule has 0 bridgehead atoms. The van der Waals surface area contributed by atoms with E-state index in [4.69, 9.17) is 9.47 Å². The number of hydrogen-bond donors (Lipinski definition) is 2. The zero-order valence-electron chi connectivity index (χ0n) is 13.5. The zero-order chi connectivity index (χ0) is 14.5. The van der Waals surface area contributed by atoms with Gasteiger partial charge in [0.25, 0.3) is 0 Å². The van der Waals surface area contributed by atoms with Gasteiger partial charge in [-0.1, -0.05) is 19.8 Å². The quantitative estimate of drug-likeness (QED) is 0.250. The highest BCUT2D eigenvalue weighted by Gasteiger charge is 2.15. The first kappa shape index (κ1) is 20.9. The minimum absolute atomic E-state index is 0. The fraction of sp³-hybridized carbons (Fsp3) is 0.933. The fourth-order valence-electron chi connectivity index (χ4n) is 2.15. The van der Waals surface area contributed by atoms with Crippen molar-refractivity contribution in [2.75, 3.05) is 46.6 Å². The molecule has 1 saturated heterocycles. The third-order valence-corrected chi connectivity index (χ3v) is 3.43. The van der Waals surface area contributed by atoms with E-state index in [0.717, 1.165) is 58.3 Å². The van der Waals surface area contributed by atoms with Gasteiger partial charge in [0, 0.05) is 39.3 Å². The average Bonchev–Trinajstić information content (AvgIpc) is 2.98. The molecule has 6 heteroatoms. The van der Waals surface area contributed by atoms with Gasteiger partial charge in [0.2, 0.25) is 0 Å². The minimum atomic E-state index is 0. The number of unbranched alkanes of at least 4 members (excludes halogenated alkanes) is 2. The number of hydrogen-bond acceptors (Lipinski definition) is 3. The Hall–Kier alpha value is -0.0800. The number of halogens is 1. The van der Waals surface area contributed by atoms with Gasteiger partial charge >= 0.3 is 0 Å². The molecule has 0 radical (unpaired) electrons. The predicted molar refractivity (Wildman–Crippen MR) is 98.7 cm³/mol. The number of aliphatic imine (C=N–C) groups is 1. The van der Waals surface area contributed by atoms with Crippen LogP contribution in [-0.4, -0.2) is 52.5 Å². The van der Waals surface area contributed by atoms with E-state index in [0.29, 0.717) is 5.92 Å². The Labute approximate surface area is 146 Å². The standard InChI is InChI=1S/C15H31N3O2.HI/c1-3-4-5-8-17-15(16-2)18-9-6-10-19-12-14-7-11-20-13-14;/h14H,3-13H2,1-2H3,(H2,16,17,18);1H. The molecule has 1 unspecified atom stereocenters. The Morgan fingerprint density at radius 1 is 1.24 bits per heavy atom. The number of nitrogens with one attached hydrogen (secondary N) is 2. The van der Waals surface area contributed by atoms with Crippen LogP contribution in [0.1, 0.15) is 39.0 Å². The number of nitrogens with zero attached hydrogens (tertiary/aromatic N) is 1. The van der Waals surface area contributed by atoms with E-state index < -0.39 is 0 Å². The van der Waals surface area contributed by atoms with E-state index in [-0.39, 0.29) is 24.0 Å². The highest BCUT2D eigenvalue weighted by atomic mass is 127. The lowest BCUT2D eigenvalue weighted by molar-refractivity contribution is 0.0888. The Morgan fingerprint density at radius 2 is 2.00 bits per heavy atom. The van der Waals surface area contributed by atoms with E-state index in [9.17, 15) is 0 Å². The second kappa shape index (κ2) is 14.8.